The number of unbranched alkanes of at least 4 members (excludes halogenated alkanes) is 12. The van der Waals surface area contributed by atoms with Crippen LogP contribution in [-0.4, -0.2) is 22.2 Å². The third kappa shape index (κ3) is 16.8. The Balaban J connectivity index is 1.77. The molecule has 0 amide bonds. The molecule has 0 radical (unpaired) electrons. The minimum absolute atomic E-state index is 0.254. The van der Waals surface area contributed by atoms with Crippen LogP contribution in [0.1, 0.15) is 207 Å². The molecule has 0 heterocycles. The lowest BCUT2D eigenvalue weighted by Crippen LogP contribution is -1.99. The summed E-state index contributed by atoms with van der Waals surface area (Å²) < 4.78 is 0. The Hall–Kier alpha value is -5.94. The Labute approximate surface area is 373 Å². The van der Waals surface area contributed by atoms with E-state index in [0.717, 1.165) is 110 Å². The van der Waals surface area contributed by atoms with Gasteiger partial charge in [0.15, 0.2) is 0 Å². The summed E-state index contributed by atoms with van der Waals surface area (Å²) in [7, 11) is 0. The molecule has 4 aromatic rings. The quantitative estimate of drug-likeness (QED) is 0.0611. The third-order valence-corrected chi connectivity index (χ3v) is 11.3. The molecule has 0 spiro atoms. The van der Waals surface area contributed by atoms with E-state index in [4.69, 9.17) is 0 Å². The van der Waals surface area contributed by atoms with Crippen molar-refractivity contribution >= 4 is 11.9 Å². The van der Waals surface area contributed by atoms with Gasteiger partial charge in [0.25, 0.3) is 0 Å². The first kappa shape index (κ1) is 48.7. The Morgan fingerprint density at radius 2 is 0.645 bits per heavy atom. The van der Waals surface area contributed by atoms with Gasteiger partial charge in [-0.1, -0.05) is 140 Å². The van der Waals surface area contributed by atoms with Gasteiger partial charge in [0.2, 0.25) is 0 Å². The monoisotopic (exact) mass is 826 g/mol. The third-order valence-electron chi connectivity index (χ3n) is 11.3. The number of aromatic carboxylic acids is 2. The number of carboxylic acids is 2. The smallest absolute Gasteiger partial charge is 0.335 e. The number of carbonyl (C=O) groups is 2. The second-order valence-electron chi connectivity index (χ2n) is 16.3. The van der Waals surface area contributed by atoms with Gasteiger partial charge in [-0.15, -0.1) is 0 Å². The maximum absolute atomic E-state index is 11.4. The highest BCUT2D eigenvalue weighted by molar-refractivity contribution is 5.88. The average Bonchev–Trinajstić information content (AvgIpc) is 3.28. The van der Waals surface area contributed by atoms with Gasteiger partial charge in [-0.25, -0.2) is 9.59 Å². The van der Waals surface area contributed by atoms with Crippen molar-refractivity contribution in [3.8, 4) is 47.4 Å². The number of hydrogen-bond donors (Lipinski definition) is 2. The maximum atomic E-state index is 11.4. The van der Waals surface area contributed by atoms with E-state index in [1.807, 2.05) is 0 Å². The summed E-state index contributed by atoms with van der Waals surface area (Å²) in [6, 6.07) is 22.5. The van der Waals surface area contributed by atoms with E-state index in [2.05, 4.69) is 99.3 Å². The summed E-state index contributed by atoms with van der Waals surface area (Å²) in [5, 5.41) is 18.7. The van der Waals surface area contributed by atoms with Crippen LogP contribution in [0.25, 0.3) is 0 Å². The van der Waals surface area contributed by atoms with Gasteiger partial charge in [-0.2, -0.15) is 0 Å². The highest BCUT2D eigenvalue weighted by atomic mass is 16.4. The van der Waals surface area contributed by atoms with Crippen molar-refractivity contribution in [1.29, 1.82) is 0 Å². The summed E-state index contributed by atoms with van der Waals surface area (Å²) in [4.78, 5) is 22.8. The topological polar surface area (TPSA) is 74.6 Å². The highest BCUT2D eigenvalue weighted by Crippen LogP contribution is 2.24. The van der Waals surface area contributed by atoms with E-state index in [1.54, 1.807) is 48.5 Å². The van der Waals surface area contributed by atoms with Crippen molar-refractivity contribution in [1.82, 2.24) is 0 Å². The van der Waals surface area contributed by atoms with E-state index in [1.165, 1.54) is 73.6 Å². The maximum Gasteiger partial charge on any atom is 0.335 e. The van der Waals surface area contributed by atoms with E-state index in [0.29, 0.717) is 0 Å². The number of carboxylic acid groups (broad SMARTS) is 2. The standard InChI is InChI=1S/C58H66O4/c1-5-9-13-17-23-49-43-55(39-33-45-29-35-47(36-30-45)57(59)60)53(25-19-15-11-7-3)41-51(49)27-21-22-28-52-42-54(26-20-16-12-8-4)56(44-50(52)24-18-14-10-6-2)40-34-46-31-37-48(38-32-46)58(61)62/h29-32,35-38,41-44H,5-20,23-26H2,1-4H3,(H,59,60)(H,61,62). The van der Waals surface area contributed by atoms with Crippen LogP contribution in [0, 0.1) is 47.4 Å². The van der Waals surface area contributed by atoms with Crippen LogP contribution in [0.15, 0.2) is 72.8 Å². The van der Waals surface area contributed by atoms with E-state index >= 15 is 0 Å². The van der Waals surface area contributed by atoms with Gasteiger partial charge in [0, 0.05) is 33.4 Å². The minimum Gasteiger partial charge on any atom is -0.478 e. The first-order valence-electron chi connectivity index (χ1n) is 23.3. The molecule has 4 rings (SSSR count). The highest BCUT2D eigenvalue weighted by Gasteiger charge is 2.11. The molecule has 2 N–H and O–H groups in total. The molecule has 0 aliphatic rings. The molecule has 4 heteroatoms. The normalized spacial score (nSPS) is 10.3. The fourth-order valence-electron chi connectivity index (χ4n) is 7.51. The van der Waals surface area contributed by atoms with Crippen LogP contribution in [0.4, 0.5) is 0 Å². The Morgan fingerprint density at radius 3 is 0.903 bits per heavy atom. The first-order chi connectivity index (χ1) is 30.3. The fourth-order valence-corrected chi connectivity index (χ4v) is 7.51. The Kier molecular flexibility index (Phi) is 21.9. The lowest BCUT2D eigenvalue weighted by atomic mass is 9.92. The van der Waals surface area contributed by atoms with Gasteiger partial charge in [-0.05, 0) is 158 Å². The molecule has 62 heavy (non-hydrogen) atoms. The summed E-state index contributed by atoms with van der Waals surface area (Å²) in [6.45, 7) is 8.93. The summed E-state index contributed by atoms with van der Waals surface area (Å²) in [5.41, 5.74) is 11.0. The fraction of sp³-hybridized carbons (Fsp3) is 0.414. The molecule has 0 aliphatic heterocycles. The van der Waals surface area contributed by atoms with Crippen LogP contribution >= 0.6 is 0 Å². The summed E-state index contributed by atoms with van der Waals surface area (Å²) in [6.07, 6.45) is 22.2. The SMILES string of the molecule is CCCCCCc1cc(C#Cc2ccc(C(=O)O)cc2)c(CCCCCC)cc1C#CC#Cc1cc(CCCCCC)c(C#Cc2ccc(C(=O)O)cc2)cc1CCCCCC. The van der Waals surface area contributed by atoms with Crippen LogP contribution < -0.4 is 0 Å². The molecule has 0 atom stereocenters. The van der Waals surface area contributed by atoms with Gasteiger partial charge in [0.05, 0.1) is 11.1 Å². The van der Waals surface area contributed by atoms with Crippen LogP contribution in [0.5, 0.6) is 0 Å². The van der Waals surface area contributed by atoms with Crippen molar-refractivity contribution in [2.45, 2.75) is 156 Å². The van der Waals surface area contributed by atoms with Gasteiger partial charge in [-0.3, -0.25) is 0 Å². The summed E-state index contributed by atoms with van der Waals surface area (Å²) in [5.74, 6) is 25.2. The van der Waals surface area contributed by atoms with Gasteiger partial charge < -0.3 is 10.2 Å². The van der Waals surface area contributed by atoms with Gasteiger partial charge >= 0.3 is 11.9 Å². The first-order valence-corrected chi connectivity index (χ1v) is 23.3. The molecule has 0 aromatic heterocycles. The zero-order valence-corrected chi connectivity index (χ0v) is 37.8. The predicted molar refractivity (Wildman–Crippen MR) is 257 cm³/mol. The molecule has 322 valence electrons. The van der Waals surface area contributed by atoms with Crippen molar-refractivity contribution in [3.63, 3.8) is 0 Å². The molecule has 0 fully saturated rings. The second-order valence-corrected chi connectivity index (χ2v) is 16.3. The van der Waals surface area contributed by atoms with E-state index in [9.17, 15) is 19.8 Å². The number of rotatable bonds is 22. The lowest BCUT2D eigenvalue weighted by molar-refractivity contribution is 0.0686. The van der Waals surface area contributed by atoms with Crippen molar-refractivity contribution in [2.75, 3.05) is 0 Å². The minimum atomic E-state index is -0.943. The van der Waals surface area contributed by atoms with Crippen LogP contribution in [0.3, 0.4) is 0 Å². The zero-order chi connectivity index (χ0) is 44.4. The lowest BCUT2D eigenvalue weighted by Gasteiger charge is -2.12. The molecule has 0 unspecified atom stereocenters. The van der Waals surface area contributed by atoms with Crippen molar-refractivity contribution < 1.29 is 19.8 Å². The molecule has 0 saturated heterocycles. The molecule has 0 bridgehead atoms. The Bertz CT molecular complexity index is 2150. The number of hydrogen-bond acceptors (Lipinski definition) is 2. The molecule has 4 nitrogen and oxygen atoms in total. The molecule has 0 saturated carbocycles. The van der Waals surface area contributed by atoms with E-state index < -0.39 is 11.9 Å². The zero-order valence-electron chi connectivity index (χ0n) is 37.8. The largest absolute Gasteiger partial charge is 0.478 e. The predicted octanol–water partition coefficient (Wildman–Crippen LogP) is 13.8. The molecular weight excluding hydrogens is 761 g/mol. The molecule has 4 aromatic carbocycles. The molecule has 0 aliphatic carbocycles. The Morgan fingerprint density at radius 1 is 0.371 bits per heavy atom. The van der Waals surface area contributed by atoms with Crippen molar-refractivity contribution in [3.05, 3.63) is 140 Å². The molecular formula is C58H66O4. The number of benzene rings is 4. The van der Waals surface area contributed by atoms with Crippen molar-refractivity contribution in [2.24, 2.45) is 0 Å². The summed E-state index contributed by atoms with van der Waals surface area (Å²) >= 11 is 0. The van der Waals surface area contributed by atoms with Crippen LogP contribution in [-0.2, 0) is 25.7 Å². The van der Waals surface area contributed by atoms with E-state index in [-0.39, 0.29) is 11.1 Å². The average molecular weight is 827 g/mol. The second kappa shape index (κ2) is 27.8. The number of aryl methyl sites for hydroxylation is 4. The van der Waals surface area contributed by atoms with Gasteiger partial charge in [0.1, 0.15) is 0 Å². The van der Waals surface area contributed by atoms with Crippen LogP contribution in [0.2, 0.25) is 0 Å².